The van der Waals surface area contributed by atoms with E-state index in [0.29, 0.717) is 0 Å². The van der Waals surface area contributed by atoms with Gasteiger partial charge in [-0.1, -0.05) is 0 Å². The summed E-state index contributed by atoms with van der Waals surface area (Å²) < 4.78 is 0. The van der Waals surface area contributed by atoms with Gasteiger partial charge in [0.15, 0.2) is 0 Å². The first-order valence-electron chi connectivity index (χ1n) is 9.55. The Morgan fingerprint density at radius 2 is 1.28 bits per heavy atom. The van der Waals surface area contributed by atoms with Crippen molar-refractivity contribution in [1.29, 1.82) is 0 Å². The number of carboxylic acid groups (broad SMARTS) is 1. The Bertz CT molecular complexity index is 715. The van der Waals surface area contributed by atoms with Crippen LogP contribution in [0.4, 0.5) is 0 Å². The SMILES string of the molecule is CC(O)C(NC(=O)C(N)CO)C(=O)NC(CCC(N)=O)C(=O)NC(CCC(N)=O)C(=O)O. The molecular weight excluding hydrogens is 432 g/mol. The summed E-state index contributed by atoms with van der Waals surface area (Å²) in [6.45, 7) is 0.434. The Hall–Kier alpha value is -3.30. The van der Waals surface area contributed by atoms with E-state index >= 15 is 0 Å². The number of carbonyl (C=O) groups excluding carboxylic acids is 5. The molecule has 0 aliphatic rings. The number of hydrogen-bond donors (Lipinski definition) is 9. The van der Waals surface area contributed by atoms with Gasteiger partial charge in [0, 0.05) is 12.8 Å². The van der Waals surface area contributed by atoms with Crippen LogP contribution >= 0.6 is 0 Å². The van der Waals surface area contributed by atoms with Crippen LogP contribution in [0.2, 0.25) is 0 Å². The third-order valence-corrected chi connectivity index (χ3v) is 4.20. The van der Waals surface area contributed by atoms with E-state index < -0.39 is 72.4 Å². The van der Waals surface area contributed by atoms with Crippen molar-refractivity contribution in [3.8, 4) is 0 Å². The highest BCUT2D eigenvalue weighted by atomic mass is 16.4. The lowest BCUT2D eigenvalue weighted by atomic mass is 10.1. The molecule has 12 N–H and O–H groups in total. The van der Waals surface area contributed by atoms with Crippen molar-refractivity contribution in [2.75, 3.05) is 6.61 Å². The summed E-state index contributed by atoms with van der Waals surface area (Å²) in [4.78, 5) is 70.3. The second-order valence-electron chi connectivity index (χ2n) is 6.99. The van der Waals surface area contributed by atoms with E-state index in [2.05, 4.69) is 16.0 Å². The molecule has 0 saturated carbocycles. The van der Waals surface area contributed by atoms with Gasteiger partial charge in [0.2, 0.25) is 29.5 Å². The number of aliphatic carboxylic acids is 1. The van der Waals surface area contributed by atoms with Crippen LogP contribution < -0.4 is 33.2 Å². The molecule has 0 radical (unpaired) electrons. The Morgan fingerprint density at radius 3 is 1.69 bits per heavy atom. The summed E-state index contributed by atoms with van der Waals surface area (Å²) in [6, 6.07) is -5.96. The van der Waals surface area contributed by atoms with Gasteiger partial charge in [-0.05, 0) is 19.8 Å². The van der Waals surface area contributed by atoms with Crippen LogP contribution in [-0.4, -0.2) is 87.7 Å². The maximum absolute atomic E-state index is 12.6. The Balaban J connectivity index is 5.48. The molecule has 0 aromatic heterocycles. The fourth-order valence-corrected chi connectivity index (χ4v) is 2.38. The molecule has 0 aromatic rings. The number of carboxylic acids is 1. The molecule has 0 saturated heterocycles. The highest BCUT2D eigenvalue weighted by molar-refractivity contribution is 5.94. The molecule has 0 aliphatic heterocycles. The summed E-state index contributed by atoms with van der Waals surface area (Å²) in [7, 11) is 0. The van der Waals surface area contributed by atoms with Gasteiger partial charge in [0.25, 0.3) is 0 Å². The Kier molecular flexibility index (Phi) is 12.5. The van der Waals surface area contributed by atoms with E-state index in [0.717, 1.165) is 6.92 Å². The predicted octanol–water partition coefficient (Wildman–Crippen LogP) is -5.24. The molecule has 0 aromatic carbocycles. The van der Waals surface area contributed by atoms with E-state index in [1.165, 1.54) is 0 Å². The van der Waals surface area contributed by atoms with Crippen LogP contribution in [0.3, 0.4) is 0 Å². The first kappa shape index (κ1) is 28.7. The van der Waals surface area contributed by atoms with E-state index in [9.17, 15) is 39.0 Å². The lowest BCUT2D eigenvalue weighted by Gasteiger charge is -2.26. The molecule has 0 fully saturated rings. The van der Waals surface area contributed by atoms with Gasteiger partial charge in [0.05, 0.1) is 12.7 Å². The molecule has 15 nitrogen and oxygen atoms in total. The molecule has 5 amide bonds. The van der Waals surface area contributed by atoms with E-state index in [1.54, 1.807) is 0 Å². The van der Waals surface area contributed by atoms with Crippen molar-refractivity contribution < 1.29 is 44.1 Å². The fraction of sp³-hybridized carbons (Fsp3) is 0.647. The summed E-state index contributed by atoms with van der Waals surface area (Å²) in [5, 5.41) is 34.4. The first-order chi connectivity index (χ1) is 14.8. The summed E-state index contributed by atoms with van der Waals surface area (Å²) in [6.07, 6.45) is -2.80. The van der Waals surface area contributed by atoms with Crippen molar-refractivity contribution in [1.82, 2.24) is 16.0 Å². The van der Waals surface area contributed by atoms with Crippen LogP contribution in [0.25, 0.3) is 0 Å². The zero-order valence-electron chi connectivity index (χ0n) is 17.4. The first-order valence-corrected chi connectivity index (χ1v) is 9.55. The van der Waals surface area contributed by atoms with Crippen LogP contribution in [0.15, 0.2) is 0 Å². The molecule has 0 aliphatic carbocycles. The second-order valence-corrected chi connectivity index (χ2v) is 6.99. The Morgan fingerprint density at radius 1 is 0.812 bits per heavy atom. The molecule has 15 heteroatoms. The molecule has 0 heterocycles. The molecule has 32 heavy (non-hydrogen) atoms. The average molecular weight is 462 g/mol. The van der Waals surface area contributed by atoms with Crippen LogP contribution in [-0.2, 0) is 28.8 Å². The van der Waals surface area contributed by atoms with Crippen LogP contribution in [0.5, 0.6) is 0 Å². The molecule has 5 unspecified atom stereocenters. The van der Waals surface area contributed by atoms with Crippen molar-refractivity contribution in [3.05, 3.63) is 0 Å². The third-order valence-electron chi connectivity index (χ3n) is 4.20. The van der Waals surface area contributed by atoms with E-state index in [1.807, 2.05) is 0 Å². The van der Waals surface area contributed by atoms with Crippen LogP contribution in [0, 0.1) is 0 Å². The normalized spacial score (nSPS) is 15.4. The van der Waals surface area contributed by atoms with Gasteiger partial charge in [-0.2, -0.15) is 0 Å². The van der Waals surface area contributed by atoms with Crippen molar-refractivity contribution in [3.63, 3.8) is 0 Å². The number of amides is 5. The summed E-state index contributed by atoms with van der Waals surface area (Å²) in [5.41, 5.74) is 15.4. The lowest BCUT2D eigenvalue weighted by molar-refractivity contribution is -0.143. The van der Waals surface area contributed by atoms with Crippen LogP contribution in [0.1, 0.15) is 32.6 Å². The lowest BCUT2D eigenvalue weighted by Crippen LogP contribution is -2.60. The summed E-state index contributed by atoms with van der Waals surface area (Å²) in [5.74, 6) is -6.09. The number of nitrogens with two attached hydrogens (primary N) is 3. The minimum Gasteiger partial charge on any atom is -0.480 e. The van der Waals surface area contributed by atoms with Crippen molar-refractivity contribution in [2.45, 2.75) is 62.9 Å². The minimum atomic E-state index is -1.59. The maximum Gasteiger partial charge on any atom is 0.326 e. The fourth-order valence-electron chi connectivity index (χ4n) is 2.38. The molecule has 182 valence electrons. The third kappa shape index (κ3) is 10.6. The standard InChI is InChI=1S/C17H30N6O9/c1-7(25)13(23-14(28)8(18)6-24)16(30)21-9(2-4-11(19)26)15(29)22-10(17(31)32)3-5-12(20)27/h7-10,13,24-25H,2-6,18H2,1H3,(H2,19,26)(H2,20,27)(H,21,30)(H,22,29)(H,23,28)(H,31,32). The zero-order chi connectivity index (χ0) is 25.0. The molecule has 5 atom stereocenters. The number of primary amides is 2. The maximum atomic E-state index is 12.6. The number of rotatable bonds is 15. The average Bonchev–Trinajstić information content (AvgIpc) is 2.70. The number of aliphatic hydroxyl groups is 2. The van der Waals surface area contributed by atoms with E-state index in [4.69, 9.17) is 22.3 Å². The van der Waals surface area contributed by atoms with E-state index in [-0.39, 0.29) is 25.7 Å². The molecular formula is C17H30N6O9. The smallest absolute Gasteiger partial charge is 0.326 e. The number of nitrogens with one attached hydrogen (secondary N) is 3. The van der Waals surface area contributed by atoms with Crippen molar-refractivity contribution >= 4 is 35.5 Å². The van der Waals surface area contributed by atoms with Gasteiger partial charge in [-0.15, -0.1) is 0 Å². The quantitative estimate of drug-likeness (QED) is 0.111. The molecule has 0 bridgehead atoms. The highest BCUT2D eigenvalue weighted by Gasteiger charge is 2.32. The largest absolute Gasteiger partial charge is 0.480 e. The Labute approximate surface area is 183 Å². The monoisotopic (exact) mass is 462 g/mol. The van der Waals surface area contributed by atoms with Gasteiger partial charge in [-0.25, -0.2) is 4.79 Å². The van der Waals surface area contributed by atoms with Gasteiger partial charge >= 0.3 is 5.97 Å². The van der Waals surface area contributed by atoms with Gasteiger partial charge in [0.1, 0.15) is 24.2 Å². The number of aliphatic hydroxyl groups excluding tert-OH is 2. The van der Waals surface area contributed by atoms with Gasteiger partial charge in [-0.3, -0.25) is 24.0 Å². The summed E-state index contributed by atoms with van der Waals surface area (Å²) >= 11 is 0. The molecule has 0 spiro atoms. The predicted molar refractivity (Wildman–Crippen MR) is 107 cm³/mol. The highest BCUT2D eigenvalue weighted by Crippen LogP contribution is 2.04. The van der Waals surface area contributed by atoms with Crippen molar-refractivity contribution in [2.24, 2.45) is 17.2 Å². The number of carbonyl (C=O) groups is 6. The van der Waals surface area contributed by atoms with Gasteiger partial charge < -0.3 is 48.5 Å². The zero-order valence-corrected chi connectivity index (χ0v) is 17.4. The minimum absolute atomic E-state index is 0.321. The topological polar surface area (TPSA) is 277 Å². The second kappa shape index (κ2) is 13.9. The molecule has 0 rings (SSSR count). The number of hydrogen-bond acceptors (Lipinski definition) is 9.